The van der Waals surface area contributed by atoms with Gasteiger partial charge in [0.05, 0.1) is 18.2 Å². The van der Waals surface area contributed by atoms with Crippen molar-refractivity contribution in [3.8, 4) is 11.5 Å². The first kappa shape index (κ1) is 30.8. The molecule has 11 heteroatoms. The Morgan fingerprint density at radius 2 is 1.60 bits per heavy atom. The summed E-state index contributed by atoms with van der Waals surface area (Å²) in [5.41, 5.74) is 5.33. The minimum absolute atomic E-state index is 0.133. The van der Waals surface area contributed by atoms with E-state index in [2.05, 4.69) is 15.8 Å². The predicted molar refractivity (Wildman–Crippen MR) is 166 cm³/mol. The van der Waals surface area contributed by atoms with Gasteiger partial charge in [-0.1, -0.05) is 60.7 Å². The largest absolute Gasteiger partial charge is 0.493 e. The Kier molecular flexibility index (Phi) is 11.3. The molecule has 0 saturated carbocycles. The number of hydrogen-bond acceptors (Lipinski definition) is 8. The number of nitrogens with one attached hydrogen (secondary N) is 2. The van der Waals surface area contributed by atoms with Crippen molar-refractivity contribution >= 4 is 35.5 Å². The first-order valence-corrected chi connectivity index (χ1v) is 14.4. The van der Waals surface area contributed by atoms with E-state index in [0.29, 0.717) is 29.4 Å². The maximum atomic E-state index is 13.1. The maximum absolute atomic E-state index is 13.1. The molecule has 0 heterocycles. The van der Waals surface area contributed by atoms with Crippen LogP contribution in [0, 0.1) is 10.1 Å². The highest BCUT2D eigenvalue weighted by molar-refractivity contribution is 7.98. The Labute approximate surface area is 253 Å². The second-order valence-corrected chi connectivity index (χ2v) is 10.3. The second-order valence-electron chi connectivity index (χ2n) is 9.25. The molecule has 1 atom stereocenters. The standard InChI is InChI=1S/C32H30N4O6S/c1-41-30-18-25(12-17-29(30)42-20-23-8-4-2-5-9-23)19-33-35-32(38)28(22-43-21-24-10-6-3-7-11-24)34-31(37)26-13-15-27(16-14-26)36(39)40/h2-19,28H,20-22H2,1H3,(H,34,37)(H,35,38). The fraction of sp³-hybridized carbons (Fsp3) is 0.156. The van der Waals surface area contributed by atoms with Crippen molar-refractivity contribution in [3.05, 3.63) is 135 Å². The molecular weight excluding hydrogens is 568 g/mol. The van der Waals surface area contributed by atoms with E-state index in [1.807, 2.05) is 60.7 Å². The van der Waals surface area contributed by atoms with Crippen molar-refractivity contribution < 1.29 is 24.0 Å². The number of benzene rings is 4. The number of hydrogen-bond donors (Lipinski definition) is 2. The van der Waals surface area contributed by atoms with Gasteiger partial charge in [0.1, 0.15) is 12.6 Å². The molecule has 2 amide bonds. The van der Waals surface area contributed by atoms with Gasteiger partial charge in [0.2, 0.25) is 0 Å². The fourth-order valence-electron chi connectivity index (χ4n) is 3.90. The van der Waals surface area contributed by atoms with Gasteiger partial charge in [-0.15, -0.1) is 0 Å². The summed E-state index contributed by atoms with van der Waals surface area (Å²) in [7, 11) is 1.54. The predicted octanol–water partition coefficient (Wildman–Crippen LogP) is 5.36. The van der Waals surface area contributed by atoms with Gasteiger partial charge >= 0.3 is 0 Å². The normalized spacial score (nSPS) is 11.5. The van der Waals surface area contributed by atoms with Crippen LogP contribution in [0.3, 0.4) is 0 Å². The molecule has 2 N–H and O–H groups in total. The molecule has 0 aliphatic heterocycles. The number of carbonyl (C=O) groups excluding carboxylic acids is 2. The van der Waals surface area contributed by atoms with Gasteiger partial charge in [0.15, 0.2) is 11.5 Å². The van der Waals surface area contributed by atoms with E-state index < -0.39 is 22.8 Å². The molecule has 4 aromatic carbocycles. The van der Waals surface area contributed by atoms with Gasteiger partial charge < -0.3 is 14.8 Å². The molecule has 4 rings (SSSR count). The summed E-state index contributed by atoms with van der Waals surface area (Å²) in [4.78, 5) is 36.4. The zero-order chi connectivity index (χ0) is 30.4. The SMILES string of the molecule is COc1cc(C=NNC(=O)C(CSCc2ccccc2)NC(=O)c2ccc([N+](=O)[O-])cc2)ccc1OCc1ccccc1. The number of hydrazone groups is 1. The van der Waals surface area contributed by atoms with Gasteiger partial charge in [0.25, 0.3) is 17.5 Å². The van der Waals surface area contributed by atoms with Crippen molar-refractivity contribution in [1.82, 2.24) is 10.7 Å². The van der Waals surface area contributed by atoms with Gasteiger partial charge in [0, 0.05) is 29.2 Å². The number of nitro benzene ring substituents is 1. The van der Waals surface area contributed by atoms with Gasteiger partial charge in [-0.05, 0) is 47.0 Å². The first-order valence-electron chi connectivity index (χ1n) is 13.3. The Bertz CT molecular complexity index is 1550. The second kappa shape index (κ2) is 15.7. The Hall–Kier alpha value is -5.16. The number of carbonyl (C=O) groups is 2. The molecule has 0 radical (unpaired) electrons. The highest BCUT2D eigenvalue weighted by Crippen LogP contribution is 2.28. The summed E-state index contributed by atoms with van der Waals surface area (Å²) < 4.78 is 11.4. The van der Waals surface area contributed by atoms with Crippen LogP contribution in [-0.4, -0.2) is 41.9 Å². The molecule has 220 valence electrons. The van der Waals surface area contributed by atoms with E-state index in [-0.39, 0.29) is 17.0 Å². The summed E-state index contributed by atoms with van der Waals surface area (Å²) in [6, 6.07) is 29.0. The number of methoxy groups -OCH3 is 1. The lowest BCUT2D eigenvalue weighted by atomic mass is 10.2. The van der Waals surface area contributed by atoms with Gasteiger partial charge in [-0.3, -0.25) is 19.7 Å². The molecule has 10 nitrogen and oxygen atoms in total. The van der Waals surface area contributed by atoms with Crippen LogP contribution in [0.25, 0.3) is 0 Å². The Morgan fingerprint density at radius 3 is 2.26 bits per heavy atom. The number of nitrogens with zero attached hydrogens (tertiary/aromatic N) is 2. The highest BCUT2D eigenvalue weighted by Gasteiger charge is 2.22. The topological polar surface area (TPSA) is 132 Å². The molecule has 0 bridgehead atoms. The molecule has 0 aliphatic rings. The Balaban J connectivity index is 1.39. The smallest absolute Gasteiger partial charge is 0.269 e. The van der Waals surface area contributed by atoms with E-state index in [9.17, 15) is 19.7 Å². The summed E-state index contributed by atoms with van der Waals surface area (Å²) in [5, 5.41) is 17.7. The zero-order valence-corrected chi connectivity index (χ0v) is 24.2. The van der Waals surface area contributed by atoms with Gasteiger partial charge in [-0.25, -0.2) is 5.43 Å². The Morgan fingerprint density at radius 1 is 0.930 bits per heavy atom. The summed E-state index contributed by atoms with van der Waals surface area (Å²) in [6.07, 6.45) is 1.47. The monoisotopic (exact) mass is 598 g/mol. The molecule has 0 aromatic heterocycles. The minimum Gasteiger partial charge on any atom is -0.493 e. The van der Waals surface area contributed by atoms with Crippen LogP contribution in [0.15, 0.2) is 108 Å². The molecular formula is C32H30N4O6S. The molecule has 0 aliphatic carbocycles. The summed E-state index contributed by atoms with van der Waals surface area (Å²) >= 11 is 1.48. The summed E-state index contributed by atoms with van der Waals surface area (Å²) in [6.45, 7) is 0.385. The van der Waals surface area contributed by atoms with E-state index >= 15 is 0 Å². The molecule has 1 unspecified atom stereocenters. The van der Waals surface area contributed by atoms with Crippen molar-refractivity contribution in [2.75, 3.05) is 12.9 Å². The van der Waals surface area contributed by atoms with Crippen LogP contribution in [0.5, 0.6) is 11.5 Å². The number of amides is 2. The molecule has 0 fully saturated rings. The van der Waals surface area contributed by atoms with E-state index in [4.69, 9.17) is 9.47 Å². The molecule has 0 saturated heterocycles. The van der Waals surface area contributed by atoms with Crippen LogP contribution in [0.2, 0.25) is 0 Å². The fourth-order valence-corrected chi connectivity index (χ4v) is 4.91. The molecule has 43 heavy (non-hydrogen) atoms. The van der Waals surface area contributed by atoms with Crippen LogP contribution >= 0.6 is 11.8 Å². The number of non-ortho nitro benzene ring substituents is 1. The quantitative estimate of drug-likeness (QED) is 0.113. The maximum Gasteiger partial charge on any atom is 0.269 e. The number of nitro groups is 1. The lowest BCUT2D eigenvalue weighted by Gasteiger charge is -2.17. The van der Waals surface area contributed by atoms with E-state index in [1.54, 1.807) is 25.3 Å². The minimum atomic E-state index is -0.920. The van der Waals surface area contributed by atoms with Crippen molar-refractivity contribution in [2.45, 2.75) is 18.4 Å². The molecule has 0 spiro atoms. The average Bonchev–Trinajstić information content (AvgIpc) is 3.04. The number of ether oxygens (including phenoxy) is 2. The first-order chi connectivity index (χ1) is 20.9. The van der Waals surface area contributed by atoms with Gasteiger partial charge in [-0.2, -0.15) is 16.9 Å². The van der Waals surface area contributed by atoms with E-state index in [1.165, 1.54) is 42.2 Å². The van der Waals surface area contributed by atoms with Crippen LogP contribution in [-0.2, 0) is 17.2 Å². The average molecular weight is 599 g/mol. The number of thioether (sulfide) groups is 1. The van der Waals surface area contributed by atoms with Crippen LogP contribution < -0.4 is 20.2 Å². The van der Waals surface area contributed by atoms with E-state index in [0.717, 1.165) is 11.1 Å². The molecule has 4 aromatic rings. The lowest BCUT2D eigenvalue weighted by Crippen LogP contribution is -2.47. The lowest BCUT2D eigenvalue weighted by molar-refractivity contribution is -0.384. The summed E-state index contributed by atoms with van der Waals surface area (Å²) in [5.74, 6) is 0.946. The van der Waals surface area contributed by atoms with Crippen molar-refractivity contribution in [3.63, 3.8) is 0 Å². The number of rotatable bonds is 14. The third-order valence-corrected chi connectivity index (χ3v) is 7.28. The third-order valence-electron chi connectivity index (χ3n) is 6.17. The highest BCUT2D eigenvalue weighted by atomic mass is 32.2. The van der Waals surface area contributed by atoms with Crippen molar-refractivity contribution in [2.24, 2.45) is 5.10 Å². The van der Waals surface area contributed by atoms with Crippen LogP contribution in [0.4, 0.5) is 5.69 Å². The van der Waals surface area contributed by atoms with Crippen LogP contribution in [0.1, 0.15) is 27.0 Å². The van der Waals surface area contributed by atoms with Crippen molar-refractivity contribution in [1.29, 1.82) is 0 Å². The third kappa shape index (κ3) is 9.44. The zero-order valence-electron chi connectivity index (χ0n) is 23.3.